The molecule has 0 unspecified atom stereocenters. The highest BCUT2D eigenvalue weighted by Crippen LogP contribution is 2.68. The van der Waals surface area contributed by atoms with E-state index in [0.717, 1.165) is 18.4 Å². The van der Waals surface area contributed by atoms with Crippen molar-refractivity contribution in [2.24, 2.45) is 20.0 Å². The number of hydrogen-bond acceptors (Lipinski definition) is 7. The van der Waals surface area contributed by atoms with Crippen LogP contribution in [0.5, 0.6) is 0 Å². The Balaban J connectivity index is 1.27. The lowest BCUT2D eigenvalue weighted by molar-refractivity contribution is -0.142. The number of para-hydroxylation sites is 1. The summed E-state index contributed by atoms with van der Waals surface area (Å²) in [6.45, 7) is -1.06. The van der Waals surface area contributed by atoms with Gasteiger partial charge in [-0.2, -0.15) is 32.1 Å². The van der Waals surface area contributed by atoms with E-state index in [9.17, 15) is 35.2 Å². The van der Waals surface area contributed by atoms with Crippen molar-refractivity contribution >= 4 is 32.7 Å². The van der Waals surface area contributed by atoms with Crippen LogP contribution in [-0.4, -0.2) is 54.7 Å². The average Bonchev–Trinajstić information content (AvgIpc) is 3.40. The average molecular weight is 826 g/mol. The number of nitrogens with one attached hydrogen (secondary N) is 2. The second-order valence-corrected chi connectivity index (χ2v) is 16.0. The van der Waals surface area contributed by atoms with Crippen molar-refractivity contribution in [3.8, 4) is 23.0 Å². The molecule has 2 N–H and O–H groups in total. The lowest BCUT2D eigenvalue weighted by Crippen LogP contribution is -2.35. The van der Waals surface area contributed by atoms with E-state index < -0.39 is 81.0 Å². The summed E-state index contributed by atoms with van der Waals surface area (Å²) in [6, 6.07) is 9.40. The number of amides is 1. The van der Waals surface area contributed by atoms with Gasteiger partial charge < -0.3 is 9.88 Å². The van der Waals surface area contributed by atoms with Gasteiger partial charge in [0.25, 0.3) is 5.92 Å². The molecule has 1 fully saturated rings. The van der Waals surface area contributed by atoms with Gasteiger partial charge >= 0.3 is 6.18 Å². The van der Waals surface area contributed by atoms with Crippen LogP contribution in [0.15, 0.2) is 61.1 Å². The predicted octanol–water partition coefficient (Wildman–Crippen LogP) is 5.94. The normalized spacial score (nSPS) is 17.3. The van der Waals surface area contributed by atoms with Crippen LogP contribution in [0, 0.1) is 29.4 Å². The minimum absolute atomic E-state index is 0.00883. The molecule has 0 saturated heterocycles. The fourth-order valence-electron chi connectivity index (χ4n) is 7.60. The van der Waals surface area contributed by atoms with Crippen molar-refractivity contribution in [3.05, 3.63) is 112 Å². The Labute approximate surface area is 325 Å². The van der Waals surface area contributed by atoms with Crippen LogP contribution in [0.3, 0.4) is 0 Å². The summed E-state index contributed by atoms with van der Waals surface area (Å²) in [4.78, 5) is 22.8. The first-order valence-electron chi connectivity index (χ1n) is 17.5. The molecule has 1 amide bonds. The summed E-state index contributed by atoms with van der Waals surface area (Å²) in [7, 11) is -0.493. The fourth-order valence-corrected chi connectivity index (χ4v) is 8.10. The Kier molecular flexibility index (Phi) is 9.13. The Morgan fingerprint density at radius 2 is 1.78 bits per heavy atom. The van der Waals surface area contributed by atoms with E-state index >= 15 is 8.78 Å². The van der Waals surface area contributed by atoms with Gasteiger partial charge in [-0.1, -0.05) is 12.1 Å². The molecule has 2 aromatic carbocycles. The lowest BCUT2D eigenvalue weighted by atomic mass is 9.93. The molecule has 0 bridgehead atoms. The molecule has 2 aliphatic carbocycles. The maximum absolute atomic E-state index is 15.4. The van der Waals surface area contributed by atoms with Crippen molar-refractivity contribution in [2.75, 3.05) is 11.0 Å². The van der Waals surface area contributed by atoms with Crippen LogP contribution >= 0.6 is 0 Å². The molecule has 0 aliphatic heterocycles. The summed E-state index contributed by atoms with van der Waals surface area (Å²) in [6.07, 6.45) is -1.56. The summed E-state index contributed by atoms with van der Waals surface area (Å²) < 4.78 is 132. The van der Waals surface area contributed by atoms with Crippen LogP contribution in [0.4, 0.5) is 36.6 Å². The predicted molar refractivity (Wildman–Crippen MR) is 195 cm³/mol. The monoisotopic (exact) mass is 825 g/mol. The molecule has 0 radical (unpaired) electrons. The van der Waals surface area contributed by atoms with Crippen LogP contribution in [0.25, 0.3) is 22.0 Å². The molecule has 4 heterocycles. The van der Waals surface area contributed by atoms with Gasteiger partial charge in [-0.15, -0.1) is 0 Å². The quantitative estimate of drug-likeness (QED) is 0.136. The minimum atomic E-state index is -5.07. The minimum Gasteiger partial charge on any atom is -0.346 e. The van der Waals surface area contributed by atoms with Crippen molar-refractivity contribution < 1.29 is 43.9 Å². The van der Waals surface area contributed by atoms with Gasteiger partial charge in [0.2, 0.25) is 15.9 Å². The summed E-state index contributed by atoms with van der Waals surface area (Å²) in [5.74, 6) is -3.12. The first-order chi connectivity index (χ1) is 27.3. The van der Waals surface area contributed by atoms with Crippen LogP contribution in [-0.2, 0) is 54.0 Å². The maximum atomic E-state index is 15.4. The third kappa shape index (κ3) is 7.14. The first kappa shape index (κ1) is 38.6. The third-order valence-electron chi connectivity index (χ3n) is 10.0. The summed E-state index contributed by atoms with van der Waals surface area (Å²) in [5, 5.41) is 10.8. The van der Waals surface area contributed by atoms with Crippen LogP contribution in [0.1, 0.15) is 58.0 Å². The molecule has 300 valence electrons. The number of nitrogens with zero attached hydrogens (tertiary/aromatic N) is 7. The Morgan fingerprint density at radius 3 is 2.45 bits per heavy atom. The largest absolute Gasteiger partial charge is 0.435 e. The number of hydrogen-bond donors (Lipinski definition) is 2. The number of anilines is 1. The smallest absolute Gasteiger partial charge is 0.346 e. The van der Waals surface area contributed by atoms with Gasteiger partial charge in [-0.3, -0.25) is 18.9 Å². The van der Waals surface area contributed by atoms with Gasteiger partial charge in [0.15, 0.2) is 11.5 Å². The lowest BCUT2D eigenvalue weighted by Gasteiger charge is -2.23. The van der Waals surface area contributed by atoms with Crippen molar-refractivity contribution in [3.63, 3.8) is 0 Å². The van der Waals surface area contributed by atoms with E-state index in [1.54, 1.807) is 49.0 Å². The van der Waals surface area contributed by atoms with Gasteiger partial charge in [0.1, 0.15) is 35.3 Å². The molecular formula is C38H30F7N9O3S. The number of aromatic nitrogens is 7. The molecule has 1 saturated carbocycles. The molecular weight excluding hydrogens is 796 g/mol. The zero-order chi connectivity index (χ0) is 41.5. The molecule has 0 spiro atoms. The van der Waals surface area contributed by atoms with E-state index in [1.807, 2.05) is 0 Å². The van der Waals surface area contributed by atoms with Crippen molar-refractivity contribution in [1.82, 2.24) is 39.4 Å². The second-order valence-electron chi connectivity index (χ2n) is 14.3. The number of carbonyl (C=O) groups excluding carboxylic acids is 1. The second kappa shape index (κ2) is 13.7. The zero-order valence-corrected chi connectivity index (χ0v) is 31.4. The van der Waals surface area contributed by atoms with Gasteiger partial charge in [-0.25, -0.2) is 27.2 Å². The van der Waals surface area contributed by atoms with Gasteiger partial charge in [-0.05, 0) is 66.5 Å². The van der Waals surface area contributed by atoms with Crippen molar-refractivity contribution in [2.45, 2.75) is 43.4 Å². The molecule has 4 aromatic heterocycles. The Bertz CT molecular complexity index is 2820. The van der Waals surface area contributed by atoms with Gasteiger partial charge in [0, 0.05) is 48.2 Å². The highest BCUT2D eigenvalue weighted by molar-refractivity contribution is 7.92. The molecule has 58 heavy (non-hydrogen) atoms. The topological polar surface area (TPSA) is 142 Å². The molecule has 6 aromatic rings. The third-order valence-corrected chi connectivity index (χ3v) is 10.6. The number of pyridine rings is 1. The number of fused-ring (bicyclic) bond motifs is 4. The number of rotatable bonds is 9. The molecule has 3 atom stereocenters. The number of imidazole rings is 1. The van der Waals surface area contributed by atoms with E-state index in [2.05, 4.69) is 37.1 Å². The van der Waals surface area contributed by atoms with E-state index in [0.29, 0.717) is 38.5 Å². The number of carbonyl (C=O) groups is 1. The highest BCUT2D eigenvalue weighted by atomic mass is 32.2. The number of benzene rings is 2. The van der Waals surface area contributed by atoms with Crippen molar-refractivity contribution in [1.29, 1.82) is 0 Å². The number of sulfonamides is 1. The Hall–Kier alpha value is -6.23. The Morgan fingerprint density at radius 1 is 1.03 bits per heavy atom. The summed E-state index contributed by atoms with van der Waals surface area (Å²) in [5.41, 5.74) is -1.22. The zero-order valence-electron chi connectivity index (χ0n) is 30.5. The fraction of sp³-hybridized carbons (Fsp3) is 0.289. The standard InChI is InChI=1S/C38H30F7N9O3S/c1-52-18-46-16-23(52)9-7-22-8-10-24(25-5-4-6-26-33(25)53(2)50-36(26)51-58(3,56)57)32(47-22)29(13-19-11-20(39)14-21(40)12-19)48-30(55)17-54-35-31(34(49-54)38(43,44)45)27-15-28(27)37(35,41)42/h4-6,8,10-12,14,16,18,27-29H,13,15,17H2,1-3H3,(H,48,55)(H,50,51)/t27-,28+,29-/m0/s1. The van der Waals surface area contributed by atoms with Crippen LogP contribution in [0.2, 0.25) is 0 Å². The van der Waals surface area contributed by atoms with E-state index in [-0.39, 0.29) is 35.6 Å². The van der Waals surface area contributed by atoms with E-state index in [4.69, 9.17) is 4.98 Å². The highest BCUT2D eigenvalue weighted by Gasteiger charge is 2.68. The van der Waals surface area contributed by atoms with Crippen LogP contribution < -0.4 is 10.0 Å². The maximum Gasteiger partial charge on any atom is 0.435 e. The first-order valence-corrected chi connectivity index (χ1v) is 19.4. The van der Waals surface area contributed by atoms with E-state index in [1.165, 1.54) is 17.2 Å². The number of halogens is 7. The number of aryl methyl sites for hydroxylation is 2. The number of alkyl halides is 5. The molecule has 2 aliphatic rings. The molecule has 12 nitrogen and oxygen atoms in total. The summed E-state index contributed by atoms with van der Waals surface area (Å²) >= 11 is 0. The molecule has 20 heteroatoms. The SMILES string of the molecule is Cn1cncc1C#Cc1ccc(-c2cccc3c(NS(C)(=O)=O)nn(C)c23)c([C@H](Cc2cc(F)cc(F)c2)NC(=O)Cn2nc(C(F)(F)F)c3c2C(F)(F)[C@@H]2C[C@H]32)n1. The molecule has 8 rings (SSSR count). The van der Waals surface area contributed by atoms with Gasteiger partial charge in [0.05, 0.1) is 36.0 Å².